The van der Waals surface area contributed by atoms with Gasteiger partial charge in [-0.25, -0.2) is 0 Å². The Balaban J connectivity index is 2.30. The monoisotopic (exact) mass is 214 g/mol. The minimum absolute atomic E-state index is 0.458. The van der Waals surface area contributed by atoms with E-state index in [4.69, 9.17) is 5.26 Å². The molecule has 2 nitrogen and oxygen atoms in total. The van der Waals surface area contributed by atoms with Crippen LogP contribution in [0.4, 0.5) is 0 Å². The highest BCUT2D eigenvalue weighted by molar-refractivity contribution is 5.35. The molecule has 1 heterocycles. The van der Waals surface area contributed by atoms with Gasteiger partial charge in [-0.15, -0.1) is 0 Å². The number of likely N-dealkylation sites (tertiary alicyclic amines) is 1. The number of benzene rings is 1. The van der Waals surface area contributed by atoms with Crippen LogP contribution in [0.5, 0.6) is 0 Å². The fourth-order valence-corrected chi connectivity index (χ4v) is 2.59. The number of aryl methyl sites for hydroxylation is 1. The Bertz CT molecular complexity index is 417. The first kappa shape index (κ1) is 11.2. The van der Waals surface area contributed by atoms with Gasteiger partial charge in [0.15, 0.2) is 0 Å². The molecule has 0 bridgehead atoms. The highest BCUT2D eigenvalue weighted by Crippen LogP contribution is 2.33. The highest BCUT2D eigenvalue weighted by atomic mass is 15.2. The van der Waals surface area contributed by atoms with Gasteiger partial charge in [-0.1, -0.05) is 18.2 Å². The average Bonchev–Trinajstić information content (AvgIpc) is 2.71. The topological polar surface area (TPSA) is 27.0 Å². The number of nitrogens with zero attached hydrogens (tertiary/aromatic N) is 2. The summed E-state index contributed by atoms with van der Waals surface area (Å²) < 4.78 is 0. The maximum absolute atomic E-state index is 8.82. The fraction of sp³-hybridized carbons (Fsp3) is 0.500. The zero-order valence-corrected chi connectivity index (χ0v) is 10.0. The van der Waals surface area contributed by atoms with E-state index < -0.39 is 0 Å². The van der Waals surface area contributed by atoms with Crippen molar-refractivity contribution in [2.24, 2.45) is 0 Å². The van der Waals surface area contributed by atoms with Crippen LogP contribution in [-0.4, -0.2) is 18.0 Å². The van der Waals surface area contributed by atoms with Crippen molar-refractivity contribution in [2.45, 2.75) is 32.7 Å². The molecule has 1 aliphatic heterocycles. The van der Waals surface area contributed by atoms with Crippen LogP contribution in [0.3, 0.4) is 0 Å². The van der Waals surface area contributed by atoms with Gasteiger partial charge in [-0.3, -0.25) is 4.90 Å². The Hall–Kier alpha value is -1.33. The van der Waals surface area contributed by atoms with Crippen LogP contribution in [0.15, 0.2) is 18.2 Å². The Morgan fingerprint density at radius 3 is 3.00 bits per heavy atom. The van der Waals surface area contributed by atoms with Gasteiger partial charge in [-0.2, -0.15) is 5.26 Å². The first-order valence-electron chi connectivity index (χ1n) is 5.91. The lowest BCUT2D eigenvalue weighted by molar-refractivity contribution is 0.288. The molecule has 1 atom stereocenters. The molecule has 1 saturated heterocycles. The van der Waals surface area contributed by atoms with Crippen LogP contribution in [-0.2, 0) is 0 Å². The third kappa shape index (κ3) is 1.96. The second kappa shape index (κ2) is 4.67. The normalized spacial score (nSPS) is 20.9. The van der Waals surface area contributed by atoms with Crippen LogP contribution in [0.2, 0.25) is 0 Å². The molecule has 0 aromatic heterocycles. The summed E-state index contributed by atoms with van der Waals surface area (Å²) >= 11 is 0. The van der Waals surface area contributed by atoms with Crippen LogP contribution in [0, 0.1) is 25.2 Å². The van der Waals surface area contributed by atoms with Gasteiger partial charge < -0.3 is 0 Å². The second-order valence-corrected chi connectivity index (χ2v) is 4.58. The minimum atomic E-state index is 0.458. The number of nitriles is 1. The smallest absolute Gasteiger partial charge is 0.0871 e. The van der Waals surface area contributed by atoms with E-state index in [0.29, 0.717) is 12.6 Å². The Morgan fingerprint density at radius 2 is 2.25 bits per heavy atom. The maximum Gasteiger partial charge on any atom is 0.0871 e. The zero-order valence-electron chi connectivity index (χ0n) is 10.0. The number of rotatable bonds is 2. The van der Waals surface area contributed by atoms with Gasteiger partial charge in [0.25, 0.3) is 0 Å². The van der Waals surface area contributed by atoms with E-state index in [2.05, 4.69) is 43.0 Å². The molecule has 2 heteroatoms. The molecule has 1 aliphatic rings. The molecule has 84 valence electrons. The van der Waals surface area contributed by atoms with Crippen molar-refractivity contribution in [1.29, 1.82) is 5.26 Å². The molecule has 0 amide bonds. The van der Waals surface area contributed by atoms with Gasteiger partial charge >= 0.3 is 0 Å². The first-order chi connectivity index (χ1) is 7.74. The molecule has 1 fully saturated rings. The first-order valence-corrected chi connectivity index (χ1v) is 5.91. The summed E-state index contributed by atoms with van der Waals surface area (Å²) in [5.74, 6) is 0. The van der Waals surface area contributed by atoms with Crippen LogP contribution < -0.4 is 0 Å². The van der Waals surface area contributed by atoms with E-state index in [1.54, 1.807) is 0 Å². The van der Waals surface area contributed by atoms with E-state index in [1.807, 2.05) is 0 Å². The summed E-state index contributed by atoms with van der Waals surface area (Å²) in [6.45, 7) is 5.96. The number of hydrogen-bond donors (Lipinski definition) is 0. The molecule has 0 N–H and O–H groups in total. The lowest BCUT2D eigenvalue weighted by atomic mass is 9.96. The summed E-state index contributed by atoms with van der Waals surface area (Å²) in [7, 11) is 0. The fourth-order valence-electron chi connectivity index (χ4n) is 2.59. The molecule has 2 rings (SSSR count). The van der Waals surface area contributed by atoms with Crippen LogP contribution in [0.1, 0.15) is 35.6 Å². The van der Waals surface area contributed by atoms with Gasteiger partial charge in [0.05, 0.1) is 12.6 Å². The van der Waals surface area contributed by atoms with E-state index >= 15 is 0 Å². The van der Waals surface area contributed by atoms with Crippen molar-refractivity contribution in [3.63, 3.8) is 0 Å². The van der Waals surface area contributed by atoms with Crippen molar-refractivity contribution in [2.75, 3.05) is 13.1 Å². The molecule has 1 aromatic rings. The SMILES string of the molecule is Cc1cccc(C2CCCN2CC#N)c1C. The van der Waals surface area contributed by atoms with E-state index in [1.165, 1.54) is 29.5 Å². The lowest BCUT2D eigenvalue weighted by Crippen LogP contribution is -2.24. The third-order valence-corrected chi connectivity index (χ3v) is 3.64. The summed E-state index contributed by atoms with van der Waals surface area (Å²) in [5.41, 5.74) is 4.14. The Kier molecular flexibility index (Phi) is 3.26. The maximum atomic E-state index is 8.82. The van der Waals surface area contributed by atoms with Crippen molar-refractivity contribution in [3.8, 4) is 6.07 Å². The largest absolute Gasteiger partial charge is 0.283 e. The van der Waals surface area contributed by atoms with E-state index in [0.717, 1.165) is 6.54 Å². The van der Waals surface area contributed by atoms with Gasteiger partial charge in [0.2, 0.25) is 0 Å². The zero-order chi connectivity index (χ0) is 11.5. The summed E-state index contributed by atoms with van der Waals surface area (Å²) in [6.07, 6.45) is 2.39. The predicted octanol–water partition coefficient (Wildman–Crippen LogP) is 2.96. The van der Waals surface area contributed by atoms with Crippen molar-refractivity contribution >= 4 is 0 Å². The minimum Gasteiger partial charge on any atom is -0.283 e. The summed E-state index contributed by atoms with van der Waals surface area (Å²) in [6, 6.07) is 9.22. The van der Waals surface area contributed by atoms with Crippen molar-refractivity contribution in [1.82, 2.24) is 4.90 Å². The summed E-state index contributed by atoms with van der Waals surface area (Å²) in [4.78, 5) is 2.29. The van der Waals surface area contributed by atoms with Gasteiger partial charge in [0, 0.05) is 6.04 Å². The second-order valence-electron chi connectivity index (χ2n) is 4.58. The van der Waals surface area contributed by atoms with E-state index in [9.17, 15) is 0 Å². The quantitative estimate of drug-likeness (QED) is 0.708. The molecule has 0 spiro atoms. The molecule has 1 aromatic carbocycles. The molecule has 1 unspecified atom stereocenters. The van der Waals surface area contributed by atoms with Crippen molar-refractivity contribution in [3.05, 3.63) is 34.9 Å². The van der Waals surface area contributed by atoms with E-state index in [-0.39, 0.29) is 0 Å². The standard InChI is InChI=1S/C14H18N2/c1-11-5-3-6-13(12(11)2)14-7-4-9-16(14)10-8-15/h3,5-6,14H,4,7,9-10H2,1-2H3. The summed E-state index contributed by atoms with van der Waals surface area (Å²) in [5, 5.41) is 8.82. The molecule has 0 radical (unpaired) electrons. The highest BCUT2D eigenvalue weighted by Gasteiger charge is 2.26. The molecular weight excluding hydrogens is 196 g/mol. The Labute approximate surface area is 97.5 Å². The molecule has 0 saturated carbocycles. The third-order valence-electron chi connectivity index (χ3n) is 3.64. The van der Waals surface area contributed by atoms with Gasteiger partial charge in [0.1, 0.15) is 0 Å². The Morgan fingerprint density at radius 1 is 1.44 bits per heavy atom. The lowest BCUT2D eigenvalue weighted by Gasteiger charge is -2.24. The number of hydrogen-bond acceptors (Lipinski definition) is 2. The predicted molar refractivity (Wildman–Crippen MR) is 65.1 cm³/mol. The molecular formula is C14H18N2. The van der Waals surface area contributed by atoms with Gasteiger partial charge in [-0.05, 0) is 49.9 Å². The van der Waals surface area contributed by atoms with Crippen molar-refractivity contribution < 1.29 is 0 Å². The molecule has 0 aliphatic carbocycles. The molecule has 16 heavy (non-hydrogen) atoms. The van der Waals surface area contributed by atoms with Crippen LogP contribution in [0.25, 0.3) is 0 Å². The van der Waals surface area contributed by atoms with Crippen LogP contribution >= 0.6 is 0 Å². The average molecular weight is 214 g/mol.